The fraction of sp³-hybridized carbons (Fsp3) is 0.400. The van der Waals surface area contributed by atoms with Gasteiger partial charge in [-0.15, -0.1) is 0 Å². The van der Waals surface area contributed by atoms with Crippen LogP contribution in [0.2, 0.25) is 0 Å². The molecule has 1 saturated carbocycles. The summed E-state index contributed by atoms with van der Waals surface area (Å²) in [6.45, 7) is 1.82. The highest BCUT2D eigenvalue weighted by Crippen LogP contribution is 2.34. The quantitative estimate of drug-likeness (QED) is 0.544. The number of rotatable bonds is 8. The van der Waals surface area contributed by atoms with E-state index in [2.05, 4.69) is 25.7 Å². The van der Waals surface area contributed by atoms with Gasteiger partial charge in [0.2, 0.25) is 5.91 Å². The number of hydrogen-bond donors (Lipinski definition) is 4. The van der Waals surface area contributed by atoms with E-state index in [1.807, 2.05) is 17.8 Å². The van der Waals surface area contributed by atoms with E-state index in [0.717, 1.165) is 12.8 Å². The number of nitrogens with two attached hydrogens (primary N) is 2. The minimum Gasteiger partial charge on any atom is -0.368 e. The number of carbonyl (C=O) groups is 2. The third-order valence-corrected chi connectivity index (χ3v) is 3.86. The summed E-state index contributed by atoms with van der Waals surface area (Å²) in [6, 6.07) is -0.148. The molecule has 0 spiro atoms. The Kier molecular flexibility index (Phi) is 4.50. The second-order valence-corrected chi connectivity index (χ2v) is 5.89. The molecule has 3 rings (SSSR count). The lowest BCUT2D eigenvalue weighted by Gasteiger charge is -2.15. The van der Waals surface area contributed by atoms with E-state index in [-0.39, 0.29) is 11.5 Å². The molecule has 10 heteroatoms. The summed E-state index contributed by atoms with van der Waals surface area (Å²) in [5.41, 5.74) is 11.3. The van der Waals surface area contributed by atoms with E-state index in [0.29, 0.717) is 24.0 Å². The van der Waals surface area contributed by atoms with Gasteiger partial charge in [-0.3, -0.25) is 14.3 Å². The van der Waals surface area contributed by atoms with Gasteiger partial charge in [-0.05, 0) is 19.3 Å². The smallest absolute Gasteiger partial charge is 0.271 e. The summed E-state index contributed by atoms with van der Waals surface area (Å²) in [6.07, 6.45) is 7.53. The molecule has 1 aliphatic rings. The third kappa shape index (κ3) is 3.84. The highest BCUT2D eigenvalue weighted by Gasteiger charge is 2.24. The van der Waals surface area contributed by atoms with Crippen molar-refractivity contribution in [2.75, 3.05) is 10.6 Å². The van der Waals surface area contributed by atoms with Crippen molar-refractivity contribution in [3.05, 3.63) is 24.3 Å². The molecule has 2 heterocycles. The van der Waals surface area contributed by atoms with Crippen molar-refractivity contribution in [2.24, 2.45) is 11.5 Å². The number of nitrogens with zero attached hydrogens (tertiary/aromatic N) is 4. The van der Waals surface area contributed by atoms with Gasteiger partial charge in [0.15, 0.2) is 11.5 Å². The second kappa shape index (κ2) is 6.75. The van der Waals surface area contributed by atoms with Gasteiger partial charge in [0, 0.05) is 6.20 Å². The zero-order chi connectivity index (χ0) is 18.0. The van der Waals surface area contributed by atoms with Crippen LogP contribution in [0.1, 0.15) is 42.7 Å². The molecule has 10 nitrogen and oxygen atoms in total. The lowest BCUT2D eigenvalue weighted by molar-refractivity contribution is -0.118. The number of aromatic nitrogens is 4. The number of primary amides is 2. The molecule has 25 heavy (non-hydrogen) atoms. The van der Waals surface area contributed by atoms with Crippen LogP contribution in [0.15, 0.2) is 18.6 Å². The molecule has 6 N–H and O–H groups in total. The van der Waals surface area contributed by atoms with Crippen molar-refractivity contribution in [3.8, 4) is 0 Å². The summed E-state index contributed by atoms with van der Waals surface area (Å²) in [4.78, 5) is 31.3. The molecular formula is C15H20N8O2. The van der Waals surface area contributed by atoms with Crippen molar-refractivity contribution in [1.29, 1.82) is 0 Å². The van der Waals surface area contributed by atoms with Crippen molar-refractivity contribution in [2.45, 2.75) is 38.3 Å². The average Bonchev–Trinajstić information content (AvgIpc) is 3.32. The first-order chi connectivity index (χ1) is 12.0. The zero-order valence-corrected chi connectivity index (χ0v) is 13.8. The molecule has 0 aromatic carbocycles. The fourth-order valence-corrected chi connectivity index (χ4v) is 2.36. The second-order valence-electron chi connectivity index (χ2n) is 5.89. The monoisotopic (exact) mass is 344 g/mol. The predicted octanol–water partition coefficient (Wildman–Crippen LogP) is 0.526. The van der Waals surface area contributed by atoms with Gasteiger partial charge < -0.3 is 22.1 Å². The molecule has 0 bridgehead atoms. The molecule has 0 unspecified atom stereocenters. The van der Waals surface area contributed by atoms with E-state index in [1.54, 1.807) is 6.20 Å². The SMILES string of the molecule is CC[C@@H](Nc1cnc(C(N)=O)c(Nc2cnn(C3CC3)c2)n1)C(N)=O. The average molecular weight is 344 g/mol. The van der Waals surface area contributed by atoms with Crippen molar-refractivity contribution >= 4 is 29.1 Å². The highest BCUT2D eigenvalue weighted by atomic mass is 16.1. The molecule has 0 aliphatic heterocycles. The van der Waals surface area contributed by atoms with Gasteiger partial charge in [-0.2, -0.15) is 5.10 Å². The number of hydrogen-bond acceptors (Lipinski definition) is 7. The number of amides is 2. The molecule has 132 valence electrons. The molecule has 1 atom stereocenters. The molecular weight excluding hydrogens is 324 g/mol. The minimum atomic E-state index is -0.710. The van der Waals surface area contributed by atoms with Crippen LogP contribution in [0.5, 0.6) is 0 Å². The Bertz CT molecular complexity index is 799. The number of nitrogens with one attached hydrogen (secondary N) is 2. The normalized spacial score (nSPS) is 14.8. The van der Waals surface area contributed by atoms with Gasteiger partial charge in [0.1, 0.15) is 11.9 Å². The Morgan fingerprint density at radius 2 is 2.12 bits per heavy atom. The summed E-state index contributed by atoms with van der Waals surface area (Å²) in [5.74, 6) is -0.707. The van der Waals surface area contributed by atoms with Crippen molar-refractivity contribution < 1.29 is 9.59 Å². The lowest BCUT2D eigenvalue weighted by Crippen LogP contribution is -2.35. The van der Waals surface area contributed by atoms with Crippen LogP contribution in [0.3, 0.4) is 0 Å². The van der Waals surface area contributed by atoms with Gasteiger partial charge in [0.05, 0.1) is 24.1 Å². The molecule has 2 amide bonds. The largest absolute Gasteiger partial charge is 0.368 e. The van der Waals surface area contributed by atoms with Crippen LogP contribution in [0.4, 0.5) is 17.3 Å². The van der Waals surface area contributed by atoms with Gasteiger partial charge >= 0.3 is 0 Å². The predicted molar refractivity (Wildman–Crippen MR) is 91.2 cm³/mol. The van der Waals surface area contributed by atoms with Crippen molar-refractivity contribution in [3.63, 3.8) is 0 Å². The summed E-state index contributed by atoms with van der Waals surface area (Å²) in [5, 5.41) is 10.2. The van der Waals surface area contributed by atoms with E-state index in [4.69, 9.17) is 11.5 Å². The van der Waals surface area contributed by atoms with Crippen LogP contribution < -0.4 is 22.1 Å². The molecule has 0 radical (unpaired) electrons. The molecule has 2 aromatic rings. The van der Waals surface area contributed by atoms with Crippen LogP contribution in [-0.2, 0) is 4.79 Å². The lowest BCUT2D eigenvalue weighted by atomic mass is 10.2. The van der Waals surface area contributed by atoms with E-state index < -0.39 is 17.9 Å². The van der Waals surface area contributed by atoms with Gasteiger partial charge in [0.25, 0.3) is 5.91 Å². The maximum Gasteiger partial charge on any atom is 0.271 e. The topological polar surface area (TPSA) is 154 Å². The van der Waals surface area contributed by atoms with Crippen LogP contribution in [0, 0.1) is 0 Å². The fourth-order valence-electron chi connectivity index (χ4n) is 2.36. The van der Waals surface area contributed by atoms with Crippen LogP contribution >= 0.6 is 0 Å². The summed E-state index contributed by atoms with van der Waals surface area (Å²) >= 11 is 0. The van der Waals surface area contributed by atoms with E-state index >= 15 is 0 Å². The summed E-state index contributed by atoms with van der Waals surface area (Å²) < 4.78 is 1.86. The number of anilines is 3. The first-order valence-corrected chi connectivity index (χ1v) is 8.01. The van der Waals surface area contributed by atoms with Crippen molar-refractivity contribution in [1.82, 2.24) is 19.7 Å². The zero-order valence-electron chi connectivity index (χ0n) is 13.8. The van der Waals surface area contributed by atoms with E-state index in [1.165, 1.54) is 6.20 Å². The Balaban J connectivity index is 1.84. The Labute approximate surface area is 144 Å². The Morgan fingerprint density at radius 1 is 1.36 bits per heavy atom. The Morgan fingerprint density at radius 3 is 2.72 bits per heavy atom. The standard InChI is InChI=1S/C15H20N8O2/c1-2-10(13(16)24)21-11-6-18-12(14(17)25)15(22-11)20-8-5-19-23(7-8)9-3-4-9/h5-7,9-10H,2-4H2,1H3,(H2,16,24)(H2,17,25)(H2,20,21,22)/t10-/m1/s1. The van der Waals surface area contributed by atoms with E-state index in [9.17, 15) is 9.59 Å². The molecule has 2 aromatic heterocycles. The minimum absolute atomic E-state index is 0.00292. The number of carbonyl (C=O) groups excluding carboxylic acids is 2. The molecule has 1 aliphatic carbocycles. The van der Waals surface area contributed by atoms with Crippen LogP contribution in [0.25, 0.3) is 0 Å². The maximum atomic E-state index is 11.6. The third-order valence-electron chi connectivity index (χ3n) is 3.86. The Hall–Kier alpha value is -3.17. The first-order valence-electron chi connectivity index (χ1n) is 8.01. The van der Waals surface area contributed by atoms with Gasteiger partial charge in [-0.25, -0.2) is 9.97 Å². The van der Waals surface area contributed by atoms with Crippen LogP contribution in [-0.4, -0.2) is 37.6 Å². The first kappa shape index (κ1) is 16.7. The highest BCUT2D eigenvalue weighted by molar-refractivity contribution is 5.96. The summed E-state index contributed by atoms with van der Waals surface area (Å²) in [7, 11) is 0. The maximum absolute atomic E-state index is 11.6. The van der Waals surface area contributed by atoms with Gasteiger partial charge in [-0.1, -0.05) is 6.92 Å². The molecule has 0 saturated heterocycles. The molecule has 1 fully saturated rings.